The molecule has 15 heavy (non-hydrogen) atoms. The number of benzene rings is 1. The van der Waals surface area contributed by atoms with Crippen LogP contribution in [0.5, 0.6) is 0 Å². The molecule has 1 aromatic heterocycles. The van der Waals surface area contributed by atoms with Gasteiger partial charge in [-0.3, -0.25) is 4.68 Å². The molecule has 0 amide bonds. The van der Waals surface area contributed by atoms with E-state index in [1.807, 2.05) is 17.8 Å². The number of aromatic nitrogens is 2. The van der Waals surface area contributed by atoms with Crippen LogP contribution in [-0.4, -0.2) is 9.78 Å². The van der Waals surface area contributed by atoms with Crippen molar-refractivity contribution >= 4 is 0 Å². The summed E-state index contributed by atoms with van der Waals surface area (Å²) in [6.07, 6.45) is 2.65. The van der Waals surface area contributed by atoms with Gasteiger partial charge in [0.05, 0.1) is 5.69 Å². The van der Waals surface area contributed by atoms with Gasteiger partial charge in [-0.2, -0.15) is 5.10 Å². The standard InChI is InChI=1S/C13H14N2/c1-15-13(11-7-8-11)9-12(14-15)10-5-3-2-4-6-10/h2-6,9,11H,7-8H2,1H3. The van der Waals surface area contributed by atoms with Gasteiger partial charge in [0.15, 0.2) is 0 Å². The first-order valence-corrected chi connectivity index (χ1v) is 5.44. The molecule has 0 saturated heterocycles. The highest BCUT2D eigenvalue weighted by Gasteiger charge is 2.27. The topological polar surface area (TPSA) is 17.8 Å². The zero-order valence-electron chi connectivity index (χ0n) is 8.85. The van der Waals surface area contributed by atoms with Gasteiger partial charge >= 0.3 is 0 Å². The van der Waals surface area contributed by atoms with Gasteiger partial charge in [0.1, 0.15) is 0 Å². The lowest BCUT2D eigenvalue weighted by Crippen LogP contribution is -1.95. The van der Waals surface area contributed by atoms with E-state index >= 15 is 0 Å². The molecule has 0 spiro atoms. The first kappa shape index (κ1) is 8.72. The first-order chi connectivity index (χ1) is 7.34. The van der Waals surface area contributed by atoms with Gasteiger partial charge < -0.3 is 0 Å². The Kier molecular flexibility index (Phi) is 1.88. The first-order valence-electron chi connectivity index (χ1n) is 5.44. The van der Waals surface area contributed by atoms with Crippen molar-refractivity contribution in [1.82, 2.24) is 9.78 Å². The lowest BCUT2D eigenvalue weighted by atomic mass is 10.1. The quantitative estimate of drug-likeness (QED) is 0.725. The van der Waals surface area contributed by atoms with Crippen molar-refractivity contribution in [3.05, 3.63) is 42.1 Å². The maximum atomic E-state index is 4.56. The molecule has 0 radical (unpaired) electrons. The monoisotopic (exact) mass is 198 g/mol. The average Bonchev–Trinajstić information content (AvgIpc) is 3.04. The Morgan fingerprint density at radius 1 is 1.20 bits per heavy atom. The molecule has 2 heteroatoms. The van der Waals surface area contributed by atoms with E-state index in [0.717, 1.165) is 11.6 Å². The van der Waals surface area contributed by atoms with Crippen LogP contribution in [0.25, 0.3) is 11.3 Å². The highest BCUT2D eigenvalue weighted by atomic mass is 15.3. The minimum Gasteiger partial charge on any atom is -0.272 e. The summed E-state index contributed by atoms with van der Waals surface area (Å²) in [6, 6.07) is 12.6. The highest BCUT2D eigenvalue weighted by molar-refractivity contribution is 5.59. The van der Waals surface area contributed by atoms with Crippen LogP contribution in [-0.2, 0) is 7.05 Å². The van der Waals surface area contributed by atoms with Gasteiger partial charge in [-0.25, -0.2) is 0 Å². The van der Waals surface area contributed by atoms with E-state index in [-0.39, 0.29) is 0 Å². The van der Waals surface area contributed by atoms with Crippen LogP contribution >= 0.6 is 0 Å². The molecular weight excluding hydrogens is 184 g/mol. The normalized spacial score (nSPS) is 15.5. The number of aryl methyl sites for hydroxylation is 1. The summed E-state index contributed by atoms with van der Waals surface area (Å²) in [5.41, 5.74) is 3.69. The van der Waals surface area contributed by atoms with E-state index < -0.39 is 0 Å². The Labute approximate surface area is 89.5 Å². The fraction of sp³-hybridized carbons (Fsp3) is 0.308. The molecule has 0 aliphatic heterocycles. The zero-order valence-corrected chi connectivity index (χ0v) is 8.85. The Morgan fingerprint density at radius 3 is 2.60 bits per heavy atom. The third kappa shape index (κ3) is 1.56. The van der Waals surface area contributed by atoms with Gasteiger partial charge in [0, 0.05) is 24.2 Å². The molecule has 0 bridgehead atoms. The van der Waals surface area contributed by atoms with Crippen molar-refractivity contribution in [2.24, 2.45) is 7.05 Å². The Balaban J connectivity index is 2.02. The molecule has 2 aromatic rings. The van der Waals surface area contributed by atoms with Crippen LogP contribution in [0.3, 0.4) is 0 Å². The summed E-state index contributed by atoms with van der Waals surface area (Å²) in [5, 5.41) is 4.56. The average molecular weight is 198 g/mol. The summed E-state index contributed by atoms with van der Waals surface area (Å²) in [7, 11) is 2.04. The third-order valence-electron chi connectivity index (χ3n) is 2.98. The van der Waals surface area contributed by atoms with Crippen LogP contribution in [0.4, 0.5) is 0 Å². The van der Waals surface area contributed by atoms with Crippen LogP contribution in [0.2, 0.25) is 0 Å². The van der Waals surface area contributed by atoms with Crippen molar-refractivity contribution in [2.75, 3.05) is 0 Å². The van der Waals surface area contributed by atoms with Gasteiger partial charge in [0.25, 0.3) is 0 Å². The molecule has 0 atom stereocenters. The summed E-state index contributed by atoms with van der Waals surface area (Å²) >= 11 is 0. The van der Waals surface area contributed by atoms with E-state index in [9.17, 15) is 0 Å². The number of rotatable bonds is 2. The molecule has 1 aromatic carbocycles. The van der Waals surface area contributed by atoms with Gasteiger partial charge in [-0.05, 0) is 18.9 Å². The number of hydrogen-bond donors (Lipinski definition) is 0. The predicted molar refractivity (Wildman–Crippen MR) is 60.6 cm³/mol. The number of hydrogen-bond acceptors (Lipinski definition) is 1. The Hall–Kier alpha value is -1.57. The number of nitrogens with zero attached hydrogens (tertiary/aromatic N) is 2. The molecular formula is C13H14N2. The third-order valence-corrected chi connectivity index (χ3v) is 2.98. The molecule has 0 unspecified atom stereocenters. The molecule has 1 aliphatic carbocycles. The summed E-state index contributed by atoms with van der Waals surface area (Å²) in [5.74, 6) is 0.764. The second kappa shape index (κ2) is 3.23. The van der Waals surface area contributed by atoms with Crippen molar-refractivity contribution in [1.29, 1.82) is 0 Å². The van der Waals surface area contributed by atoms with Crippen LogP contribution < -0.4 is 0 Å². The van der Waals surface area contributed by atoms with Crippen molar-refractivity contribution in [3.8, 4) is 11.3 Å². The van der Waals surface area contributed by atoms with Crippen molar-refractivity contribution in [2.45, 2.75) is 18.8 Å². The lowest BCUT2D eigenvalue weighted by Gasteiger charge is -1.95. The van der Waals surface area contributed by atoms with Gasteiger partial charge in [-0.1, -0.05) is 30.3 Å². The summed E-state index contributed by atoms with van der Waals surface area (Å²) < 4.78 is 2.03. The SMILES string of the molecule is Cn1nc(-c2ccccc2)cc1C1CC1. The minimum atomic E-state index is 0.764. The van der Waals surface area contributed by atoms with Crippen molar-refractivity contribution < 1.29 is 0 Å². The predicted octanol–water partition coefficient (Wildman–Crippen LogP) is 2.96. The maximum absolute atomic E-state index is 4.56. The molecule has 76 valence electrons. The summed E-state index contributed by atoms with van der Waals surface area (Å²) in [4.78, 5) is 0. The molecule has 1 heterocycles. The van der Waals surface area contributed by atoms with E-state index in [4.69, 9.17) is 0 Å². The summed E-state index contributed by atoms with van der Waals surface area (Å²) in [6.45, 7) is 0. The zero-order chi connectivity index (χ0) is 10.3. The van der Waals surface area contributed by atoms with Gasteiger partial charge in [0.2, 0.25) is 0 Å². The maximum Gasteiger partial charge on any atom is 0.0926 e. The van der Waals surface area contributed by atoms with E-state index in [0.29, 0.717) is 0 Å². The second-order valence-electron chi connectivity index (χ2n) is 4.22. The van der Waals surface area contributed by atoms with E-state index in [2.05, 4.69) is 35.4 Å². The molecule has 2 nitrogen and oxygen atoms in total. The highest BCUT2D eigenvalue weighted by Crippen LogP contribution is 2.40. The Morgan fingerprint density at radius 2 is 1.93 bits per heavy atom. The fourth-order valence-electron chi connectivity index (χ4n) is 1.99. The van der Waals surface area contributed by atoms with E-state index in [1.54, 1.807) is 0 Å². The largest absolute Gasteiger partial charge is 0.272 e. The van der Waals surface area contributed by atoms with Crippen molar-refractivity contribution in [3.63, 3.8) is 0 Å². The van der Waals surface area contributed by atoms with Gasteiger partial charge in [-0.15, -0.1) is 0 Å². The lowest BCUT2D eigenvalue weighted by molar-refractivity contribution is 0.716. The molecule has 1 aliphatic rings. The fourth-order valence-corrected chi connectivity index (χ4v) is 1.99. The molecule has 1 saturated carbocycles. The van der Waals surface area contributed by atoms with Crippen LogP contribution in [0.1, 0.15) is 24.5 Å². The Bertz CT molecular complexity index is 467. The van der Waals surface area contributed by atoms with Crippen LogP contribution in [0, 0.1) is 0 Å². The molecule has 0 N–H and O–H groups in total. The minimum absolute atomic E-state index is 0.764. The van der Waals surface area contributed by atoms with Crippen LogP contribution in [0.15, 0.2) is 36.4 Å². The smallest absolute Gasteiger partial charge is 0.0926 e. The van der Waals surface area contributed by atoms with E-state index in [1.165, 1.54) is 24.1 Å². The second-order valence-corrected chi connectivity index (χ2v) is 4.22. The molecule has 3 rings (SSSR count). The molecule has 1 fully saturated rings.